The van der Waals surface area contributed by atoms with E-state index in [1.165, 1.54) is 0 Å². The Morgan fingerprint density at radius 2 is 2.18 bits per heavy atom. The SMILES string of the molecule is CC(C)(CN)c1nc(-c2ccc(Br)cn2)no1. The summed E-state index contributed by atoms with van der Waals surface area (Å²) < 4.78 is 6.12. The van der Waals surface area contributed by atoms with Crippen LogP contribution in [0.5, 0.6) is 0 Å². The van der Waals surface area contributed by atoms with Crippen molar-refractivity contribution in [2.75, 3.05) is 6.54 Å². The van der Waals surface area contributed by atoms with Crippen molar-refractivity contribution < 1.29 is 4.52 Å². The summed E-state index contributed by atoms with van der Waals surface area (Å²) in [4.78, 5) is 8.52. The minimum Gasteiger partial charge on any atom is -0.338 e. The Morgan fingerprint density at radius 1 is 1.41 bits per heavy atom. The van der Waals surface area contributed by atoms with Gasteiger partial charge in [-0.2, -0.15) is 4.98 Å². The first-order valence-corrected chi connectivity index (χ1v) is 5.98. The molecule has 2 aromatic rings. The normalized spacial score (nSPS) is 11.8. The van der Waals surface area contributed by atoms with Gasteiger partial charge in [0.25, 0.3) is 0 Å². The van der Waals surface area contributed by atoms with E-state index in [-0.39, 0.29) is 5.41 Å². The van der Waals surface area contributed by atoms with Crippen LogP contribution in [0, 0.1) is 0 Å². The second kappa shape index (κ2) is 4.54. The first kappa shape index (κ1) is 12.2. The van der Waals surface area contributed by atoms with Gasteiger partial charge in [-0.15, -0.1) is 0 Å². The smallest absolute Gasteiger partial charge is 0.233 e. The third kappa shape index (κ3) is 2.53. The molecule has 0 radical (unpaired) electrons. The fourth-order valence-corrected chi connectivity index (χ4v) is 1.43. The average Bonchev–Trinajstić information content (AvgIpc) is 2.80. The predicted molar refractivity (Wildman–Crippen MR) is 67.3 cm³/mol. The lowest BCUT2D eigenvalue weighted by Crippen LogP contribution is -2.28. The standard InChI is InChI=1S/C11H13BrN4O/c1-11(2,6-13)10-15-9(16-17-10)8-4-3-7(12)5-14-8/h3-5H,6,13H2,1-2H3. The molecule has 0 fully saturated rings. The van der Waals surface area contributed by atoms with Crippen LogP contribution in [0.4, 0.5) is 0 Å². The van der Waals surface area contributed by atoms with Crippen molar-refractivity contribution in [2.45, 2.75) is 19.3 Å². The minimum atomic E-state index is -0.319. The Hall–Kier alpha value is -1.27. The number of hydrogen-bond donors (Lipinski definition) is 1. The number of nitrogens with zero attached hydrogens (tertiary/aromatic N) is 3. The van der Waals surface area contributed by atoms with Gasteiger partial charge >= 0.3 is 0 Å². The summed E-state index contributed by atoms with van der Waals surface area (Å²) in [5, 5.41) is 3.91. The van der Waals surface area contributed by atoms with Crippen LogP contribution < -0.4 is 5.73 Å². The lowest BCUT2D eigenvalue weighted by molar-refractivity contribution is 0.311. The number of hydrogen-bond acceptors (Lipinski definition) is 5. The van der Waals surface area contributed by atoms with Crippen LogP contribution in [0.2, 0.25) is 0 Å². The summed E-state index contributed by atoms with van der Waals surface area (Å²) in [5.74, 6) is 1.01. The van der Waals surface area contributed by atoms with Crippen LogP contribution >= 0.6 is 15.9 Å². The molecule has 90 valence electrons. The topological polar surface area (TPSA) is 77.8 Å². The van der Waals surface area contributed by atoms with E-state index in [1.54, 1.807) is 6.20 Å². The first-order valence-electron chi connectivity index (χ1n) is 5.19. The number of pyridine rings is 1. The fourth-order valence-electron chi connectivity index (χ4n) is 1.20. The van der Waals surface area contributed by atoms with Crippen LogP contribution in [0.25, 0.3) is 11.5 Å². The average molecular weight is 297 g/mol. The highest BCUT2D eigenvalue weighted by atomic mass is 79.9. The van der Waals surface area contributed by atoms with Crippen LogP contribution in [-0.4, -0.2) is 21.7 Å². The van der Waals surface area contributed by atoms with Gasteiger partial charge < -0.3 is 10.3 Å². The van der Waals surface area contributed by atoms with E-state index in [9.17, 15) is 0 Å². The van der Waals surface area contributed by atoms with Gasteiger partial charge in [0.2, 0.25) is 11.7 Å². The molecule has 0 aliphatic heterocycles. The zero-order valence-corrected chi connectivity index (χ0v) is 11.2. The monoisotopic (exact) mass is 296 g/mol. The maximum absolute atomic E-state index is 5.66. The van der Waals surface area contributed by atoms with E-state index in [4.69, 9.17) is 10.3 Å². The summed E-state index contributed by atoms with van der Waals surface area (Å²) in [7, 11) is 0. The van der Waals surface area contributed by atoms with Crippen LogP contribution in [0.3, 0.4) is 0 Å². The van der Waals surface area contributed by atoms with E-state index in [0.29, 0.717) is 24.0 Å². The van der Waals surface area contributed by atoms with Gasteiger partial charge in [-0.1, -0.05) is 5.16 Å². The quantitative estimate of drug-likeness (QED) is 0.939. The molecule has 0 spiro atoms. The van der Waals surface area contributed by atoms with Gasteiger partial charge in [-0.3, -0.25) is 4.98 Å². The Morgan fingerprint density at radius 3 is 2.76 bits per heavy atom. The molecule has 2 N–H and O–H groups in total. The highest BCUT2D eigenvalue weighted by Gasteiger charge is 2.26. The number of rotatable bonds is 3. The van der Waals surface area contributed by atoms with Crippen LogP contribution in [0.1, 0.15) is 19.7 Å². The van der Waals surface area contributed by atoms with E-state index in [1.807, 2.05) is 26.0 Å². The molecule has 2 aromatic heterocycles. The van der Waals surface area contributed by atoms with Gasteiger partial charge in [0, 0.05) is 17.2 Å². The Bertz CT molecular complexity index is 506. The summed E-state index contributed by atoms with van der Waals surface area (Å²) in [6.45, 7) is 4.36. The molecule has 0 saturated carbocycles. The largest absolute Gasteiger partial charge is 0.338 e. The van der Waals surface area contributed by atoms with Gasteiger partial charge in [0.1, 0.15) is 5.69 Å². The zero-order valence-electron chi connectivity index (χ0n) is 9.64. The maximum Gasteiger partial charge on any atom is 0.233 e. The Balaban J connectivity index is 2.33. The van der Waals surface area contributed by atoms with Gasteiger partial charge in [0.05, 0.1) is 5.41 Å². The molecule has 0 saturated heterocycles. The van der Waals surface area contributed by atoms with E-state index >= 15 is 0 Å². The molecular formula is C11H13BrN4O. The number of nitrogens with two attached hydrogens (primary N) is 1. The fraction of sp³-hybridized carbons (Fsp3) is 0.364. The highest BCUT2D eigenvalue weighted by molar-refractivity contribution is 9.10. The third-order valence-electron chi connectivity index (χ3n) is 2.47. The summed E-state index contributed by atoms with van der Waals surface area (Å²) in [5.41, 5.74) is 6.01. The number of halogens is 1. The lowest BCUT2D eigenvalue weighted by atomic mass is 9.94. The molecule has 5 nitrogen and oxygen atoms in total. The van der Waals surface area contributed by atoms with Crippen molar-refractivity contribution in [3.63, 3.8) is 0 Å². The molecule has 0 amide bonds. The van der Waals surface area contributed by atoms with Crippen molar-refractivity contribution in [3.8, 4) is 11.5 Å². The predicted octanol–water partition coefficient (Wildman–Crippen LogP) is 2.13. The number of aromatic nitrogens is 3. The van der Waals surface area contributed by atoms with Crippen molar-refractivity contribution in [3.05, 3.63) is 28.7 Å². The van der Waals surface area contributed by atoms with Crippen molar-refractivity contribution in [1.29, 1.82) is 0 Å². The second-order valence-electron chi connectivity index (χ2n) is 4.37. The van der Waals surface area contributed by atoms with Crippen molar-refractivity contribution in [1.82, 2.24) is 15.1 Å². The van der Waals surface area contributed by atoms with Crippen molar-refractivity contribution in [2.24, 2.45) is 5.73 Å². The molecule has 2 rings (SSSR count). The first-order chi connectivity index (χ1) is 8.03. The third-order valence-corrected chi connectivity index (χ3v) is 2.94. The van der Waals surface area contributed by atoms with Crippen LogP contribution in [-0.2, 0) is 5.41 Å². The molecule has 0 aromatic carbocycles. The molecule has 17 heavy (non-hydrogen) atoms. The second-order valence-corrected chi connectivity index (χ2v) is 5.29. The van der Waals surface area contributed by atoms with Gasteiger partial charge in [-0.05, 0) is 41.9 Å². The highest BCUT2D eigenvalue weighted by Crippen LogP contribution is 2.23. The Kier molecular flexibility index (Phi) is 3.26. The molecule has 0 unspecified atom stereocenters. The summed E-state index contributed by atoms with van der Waals surface area (Å²) >= 11 is 3.32. The Labute approximate surface area is 108 Å². The van der Waals surface area contributed by atoms with E-state index in [0.717, 1.165) is 4.47 Å². The molecule has 2 heterocycles. The summed E-state index contributed by atoms with van der Waals surface area (Å²) in [6, 6.07) is 3.71. The van der Waals surface area contributed by atoms with E-state index < -0.39 is 0 Å². The summed E-state index contributed by atoms with van der Waals surface area (Å²) in [6.07, 6.45) is 1.69. The molecule has 6 heteroatoms. The lowest BCUT2D eigenvalue weighted by Gasteiger charge is -2.15. The van der Waals surface area contributed by atoms with Crippen LogP contribution in [0.15, 0.2) is 27.3 Å². The molecule has 0 bridgehead atoms. The van der Waals surface area contributed by atoms with E-state index in [2.05, 4.69) is 31.1 Å². The zero-order chi connectivity index (χ0) is 12.5. The van der Waals surface area contributed by atoms with Crippen molar-refractivity contribution >= 4 is 15.9 Å². The molecule has 0 aliphatic carbocycles. The maximum atomic E-state index is 5.66. The molecular weight excluding hydrogens is 284 g/mol. The van der Waals surface area contributed by atoms with Gasteiger partial charge in [-0.25, -0.2) is 0 Å². The minimum absolute atomic E-state index is 0.319. The molecule has 0 aliphatic rings. The molecule has 0 atom stereocenters. The van der Waals surface area contributed by atoms with Gasteiger partial charge in [0.15, 0.2) is 0 Å².